The molecule has 3 aromatic heterocycles. The molecular weight excluding hydrogens is 681 g/mol. The lowest BCUT2D eigenvalue weighted by atomic mass is 9.95. The molecule has 6 heteroatoms. The molecule has 0 saturated carbocycles. The second kappa shape index (κ2) is 12.3. The fraction of sp³-hybridized carbons (Fsp3) is 0. The summed E-state index contributed by atoms with van der Waals surface area (Å²) in [5, 5.41) is 7.82. The van der Waals surface area contributed by atoms with Crippen LogP contribution in [-0.4, -0.2) is 19.9 Å². The van der Waals surface area contributed by atoms with Crippen molar-refractivity contribution in [2.24, 2.45) is 0 Å². The van der Waals surface area contributed by atoms with Gasteiger partial charge in [-0.15, -0.1) is 11.3 Å². The van der Waals surface area contributed by atoms with Crippen molar-refractivity contribution in [2.45, 2.75) is 0 Å². The smallest absolute Gasteiger partial charge is 0.164 e. The summed E-state index contributed by atoms with van der Waals surface area (Å²) >= 11 is 1.71. The number of furan rings is 1. The summed E-state index contributed by atoms with van der Waals surface area (Å²) in [5.74, 6) is 1.86. The van der Waals surface area contributed by atoms with E-state index in [1.807, 2.05) is 42.5 Å². The van der Waals surface area contributed by atoms with Crippen molar-refractivity contribution in [1.29, 1.82) is 0 Å². The topological polar surface area (TPSA) is 64.7 Å². The Morgan fingerprint density at radius 2 is 1.00 bits per heavy atom. The molecule has 8 aromatic carbocycles. The Bertz CT molecular complexity index is 3240. The number of rotatable bonds is 5. The average molecular weight is 709 g/mol. The van der Waals surface area contributed by atoms with E-state index in [1.54, 1.807) is 11.3 Å². The van der Waals surface area contributed by atoms with E-state index in [-0.39, 0.29) is 0 Å². The zero-order chi connectivity index (χ0) is 35.6. The molecule has 5 nitrogen and oxygen atoms in total. The highest BCUT2D eigenvalue weighted by atomic mass is 32.1. The molecule has 0 spiro atoms. The van der Waals surface area contributed by atoms with Gasteiger partial charge in [0, 0.05) is 39.1 Å². The van der Waals surface area contributed by atoms with Crippen LogP contribution in [0.2, 0.25) is 0 Å². The molecule has 0 amide bonds. The van der Waals surface area contributed by atoms with Gasteiger partial charge in [-0.05, 0) is 56.9 Å². The minimum atomic E-state index is 0.609. The minimum Gasteiger partial charge on any atom is -0.456 e. The van der Waals surface area contributed by atoms with Gasteiger partial charge in [0.2, 0.25) is 0 Å². The molecule has 11 rings (SSSR count). The van der Waals surface area contributed by atoms with Gasteiger partial charge in [-0.2, -0.15) is 0 Å². The van der Waals surface area contributed by atoms with Crippen LogP contribution in [0.5, 0.6) is 0 Å². The lowest BCUT2D eigenvalue weighted by molar-refractivity contribution is 0.669. The van der Waals surface area contributed by atoms with Crippen molar-refractivity contribution in [1.82, 2.24) is 19.9 Å². The lowest BCUT2D eigenvalue weighted by Gasteiger charge is -2.13. The number of hydrogen-bond acceptors (Lipinski definition) is 6. The molecule has 0 aliphatic carbocycles. The van der Waals surface area contributed by atoms with E-state index in [0.29, 0.717) is 17.5 Å². The van der Waals surface area contributed by atoms with Crippen LogP contribution in [0.15, 0.2) is 174 Å². The van der Waals surface area contributed by atoms with Gasteiger partial charge in [0.15, 0.2) is 17.5 Å². The second-order valence-electron chi connectivity index (χ2n) is 13.5. The van der Waals surface area contributed by atoms with Gasteiger partial charge in [0.05, 0.1) is 10.2 Å². The molecule has 0 fully saturated rings. The van der Waals surface area contributed by atoms with Gasteiger partial charge < -0.3 is 4.42 Å². The van der Waals surface area contributed by atoms with E-state index in [4.69, 9.17) is 24.4 Å². The third-order valence-corrected chi connectivity index (χ3v) is 11.2. The Kier molecular flexibility index (Phi) is 6.97. The molecule has 0 aliphatic rings. The molecule has 0 radical (unpaired) electrons. The van der Waals surface area contributed by atoms with Gasteiger partial charge in [-0.25, -0.2) is 19.9 Å². The highest BCUT2D eigenvalue weighted by Crippen LogP contribution is 2.43. The molecule has 54 heavy (non-hydrogen) atoms. The molecule has 0 N–H and O–H groups in total. The molecule has 252 valence electrons. The van der Waals surface area contributed by atoms with Gasteiger partial charge in [0.25, 0.3) is 0 Å². The van der Waals surface area contributed by atoms with Crippen molar-refractivity contribution in [3.63, 3.8) is 0 Å². The molecule has 0 atom stereocenters. The Morgan fingerprint density at radius 3 is 1.78 bits per heavy atom. The van der Waals surface area contributed by atoms with E-state index >= 15 is 0 Å². The first-order chi connectivity index (χ1) is 26.7. The minimum absolute atomic E-state index is 0.609. The maximum atomic E-state index is 6.55. The third kappa shape index (κ3) is 5.15. The normalized spacial score (nSPS) is 11.7. The number of fused-ring (bicyclic) bond motifs is 6. The van der Waals surface area contributed by atoms with Crippen LogP contribution in [0.3, 0.4) is 0 Å². The predicted octanol–water partition coefficient (Wildman–Crippen LogP) is 13.0. The van der Waals surface area contributed by atoms with E-state index in [0.717, 1.165) is 75.9 Å². The number of benzene rings is 8. The van der Waals surface area contributed by atoms with Crippen LogP contribution in [0.1, 0.15) is 0 Å². The highest BCUT2D eigenvalue weighted by molar-refractivity contribution is 7.21. The summed E-state index contributed by atoms with van der Waals surface area (Å²) in [7, 11) is 0. The second-order valence-corrected chi connectivity index (χ2v) is 14.5. The van der Waals surface area contributed by atoms with Gasteiger partial charge >= 0.3 is 0 Å². The lowest BCUT2D eigenvalue weighted by Crippen LogP contribution is -2.01. The Balaban J connectivity index is 1.08. The van der Waals surface area contributed by atoms with Crippen molar-refractivity contribution >= 4 is 65.0 Å². The van der Waals surface area contributed by atoms with E-state index in [1.165, 1.54) is 16.2 Å². The average Bonchev–Trinajstić information content (AvgIpc) is 3.83. The van der Waals surface area contributed by atoms with Crippen molar-refractivity contribution in [3.8, 4) is 55.9 Å². The van der Waals surface area contributed by atoms with Gasteiger partial charge in [-0.1, -0.05) is 140 Å². The maximum Gasteiger partial charge on any atom is 0.164 e. The quantitative estimate of drug-likeness (QED) is 0.178. The van der Waals surface area contributed by atoms with Gasteiger partial charge in [-0.3, -0.25) is 0 Å². The molecule has 0 saturated heterocycles. The molecule has 11 aromatic rings. The number of aromatic nitrogens is 4. The summed E-state index contributed by atoms with van der Waals surface area (Å²) in [4.78, 5) is 20.4. The monoisotopic (exact) mass is 708 g/mol. The summed E-state index contributed by atoms with van der Waals surface area (Å²) in [6.45, 7) is 0. The van der Waals surface area contributed by atoms with E-state index < -0.39 is 0 Å². The number of hydrogen-bond donors (Lipinski definition) is 0. The van der Waals surface area contributed by atoms with Crippen molar-refractivity contribution in [3.05, 3.63) is 170 Å². The van der Waals surface area contributed by atoms with Crippen LogP contribution in [0, 0.1) is 0 Å². The molecular formula is C48H28N4OS. The first-order valence-corrected chi connectivity index (χ1v) is 18.7. The fourth-order valence-electron chi connectivity index (χ4n) is 7.50. The van der Waals surface area contributed by atoms with Crippen LogP contribution in [-0.2, 0) is 0 Å². The van der Waals surface area contributed by atoms with E-state index in [2.05, 4.69) is 127 Å². The van der Waals surface area contributed by atoms with Gasteiger partial charge in [0.1, 0.15) is 16.2 Å². The standard InChI is InChI=1S/C48H28N4OS/c1-2-13-31(14-3-1)45-50-46(34-23-21-29-11-4-6-15-32(29)25-34)52-47(51-45)38-18-9-8-17-36(38)37-19-10-20-41-44(37)39-27-43-40(28-42(39)53-41)49-48(54-43)35-24-22-30-12-5-7-16-33(30)26-35/h1-28H. The Labute approximate surface area is 313 Å². The fourth-order valence-corrected chi connectivity index (χ4v) is 8.48. The van der Waals surface area contributed by atoms with Crippen LogP contribution in [0.25, 0.3) is 110 Å². The Morgan fingerprint density at radius 1 is 0.389 bits per heavy atom. The van der Waals surface area contributed by atoms with Crippen molar-refractivity contribution < 1.29 is 4.42 Å². The first kappa shape index (κ1) is 30.6. The summed E-state index contributed by atoms with van der Waals surface area (Å²) < 4.78 is 7.67. The molecule has 0 unspecified atom stereocenters. The summed E-state index contributed by atoms with van der Waals surface area (Å²) in [6.07, 6.45) is 0. The predicted molar refractivity (Wildman–Crippen MR) is 222 cm³/mol. The number of thiazole rings is 1. The SMILES string of the molecule is c1ccc(-c2nc(-c3ccc4ccccc4c3)nc(-c3ccccc3-c3cccc4oc5cc6nc(-c7ccc8ccccc8c7)sc6cc5c34)n2)cc1. The third-order valence-electron chi connectivity index (χ3n) is 10.1. The molecule has 0 aliphatic heterocycles. The number of nitrogens with zero attached hydrogens (tertiary/aromatic N) is 4. The zero-order valence-electron chi connectivity index (χ0n) is 28.8. The molecule has 0 bridgehead atoms. The van der Waals surface area contributed by atoms with Crippen LogP contribution in [0.4, 0.5) is 0 Å². The molecule has 3 heterocycles. The zero-order valence-corrected chi connectivity index (χ0v) is 29.6. The Hall–Kier alpha value is -7.02. The maximum absolute atomic E-state index is 6.55. The summed E-state index contributed by atoms with van der Waals surface area (Å²) in [6, 6.07) is 58.7. The van der Waals surface area contributed by atoms with Crippen molar-refractivity contribution in [2.75, 3.05) is 0 Å². The van der Waals surface area contributed by atoms with Crippen LogP contribution < -0.4 is 0 Å². The summed E-state index contributed by atoms with van der Waals surface area (Å²) in [5.41, 5.74) is 8.52. The largest absolute Gasteiger partial charge is 0.456 e. The van der Waals surface area contributed by atoms with E-state index in [9.17, 15) is 0 Å². The highest BCUT2D eigenvalue weighted by Gasteiger charge is 2.20. The first-order valence-electron chi connectivity index (χ1n) is 17.9. The van der Waals surface area contributed by atoms with Crippen LogP contribution >= 0.6 is 11.3 Å².